The molecule has 1 unspecified atom stereocenters. The molecular weight excluding hydrogens is 296 g/mol. The highest BCUT2D eigenvalue weighted by atomic mass is 19.3. The molecule has 1 aliphatic carbocycles. The highest BCUT2D eigenvalue weighted by Gasteiger charge is 2.48. The van der Waals surface area contributed by atoms with Crippen LogP contribution in [0.25, 0.3) is 0 Å². The number of carbonyl (C=O) groups is 2. The first-order valence-corrected chi connectivity index (χ1v) is 6.25. The lowest BCUT2D eigenvalue weighted by atomic mass is 9.91. The van der Waals surface area contributed by atoms with Crippen molar-refractivity contribution in [3.05, 3.63) is 17.0 Å². The van der Waals surface area contributed by atoms with Gasteiger partial charge >= 0.3 is 5.97 Å². The average molecular weight is 308 g/mol. The summed E-state index contributed by atoms with van der Waals surface area (Å²) in [4.78, 5) is 22.8. The molecule has 0 fully saturated rings. The van der Waals surface area contributed by atoms with Crippen LogP contribution in [0.3, 0.4) is 0 Å². The van der Waals surface area contributed by atoms with E-state index in [-0.39, 0.29) is 6.42 Å². The summed E-state index contributed by atoms with van der Waals surface area (Å²) in [7, 11) is 0. The van der Waals surface area contributed by atoms with Crippen LogP contribution < -0.4 is 0 Å². The van der Waals surface area contributed by atoms with Gasteiger partial charge in [0, 0.05) is 12.8 Å². The van der Waals surface area contributed by atoms with Gasteiger partial charge in [-0.1, -0.05) is 6.92 Å². The number of hydrogen-bond donors (Lipinski definition) is 1. The quantitative estimate of drug-likeness (QED) is 0.868. The highest BCUT2D eigenvalue weighted by Crippen LogP contribution is 2.44. The Morgan fingerprint density at radius 1 is 1.48 bits per heavy atom. The fourth-order valence-electron chi connectivity index (χ4n) is 2.42. The Kier molecular flexibility index (Phi) is 3.77. The lowest BCUT2D eigenvalue weighted by molar-refractivity contribution is -0.141. The van der Waals surface area contributed by atoms with Gasteiger partial charge in [-0.2, -0.15) is 13.9 Å². The van der Waals surface area contributed by atoms with Gasteiger partial charge in [0.1, 0.15) is 17.4 Å². The van der Waals surface area contributed by atoms with E-state index in [4.69, 9.17) is 5.11 Å². The molecule has 0 saturated carbocycles. The number of aromatic nitrogens is 2. The number of Topliss-reactive ketones (excluding diaryl/α,β-unsaturated/α-hetero) is 1. The maximum absolute atomic E-state index is 14.0. The number of alkyl halides is 4. The number of carboxylic acids is 1. The lowest BCUT2D eigenvalue weighted by Crippen LogP contribution is -2.31. The van der Waals surface area contributed by atoms with Crippen molar-refractivity contribution in [3.63, 3.8) is 0 Å². The van der Waals surface area contributed by atoms with Crippen molar-refractivity contribution in [1.82, 2.24) is 9.78 Å². The smallest absolute Gasteiger partial charge is 0.328 e. The molecule has 1 aromatic heterocycles. The summed E-state index contributed by atoms with van der Waals surface area (Å²) >= 11 is 0. The Hall–Kier alpha value is -1.93. The molecule has 0 aliphatic heterocycles. The number of rotatable bonds is 4. The summed E-state index contributed by atoms with van der Waals surface area (Å²) < 4.78 is 54.3. The minimum Gasteiger partial charge on any atom is -0.480 e. The third-order valence-electron chi connectivity index (χ3n) is 3.40. The zero-order chi connectivity index (χ0) is 15.9. The van der Waals surface area contributed by atoms with Crippen molar-refractivity contribution < 1.29 is 32.3 Å². The van der Waals surface area contributed by atoms with Crippen molar-refractivity contribution in [2.24, 2.45) is 0 Å². The summed E-state index contributed by atoms with van der Waals surface area (Å²) in [5, 5.41) is 12.3. The van der Waals surface area contributed by atoms with Crippen LogP contribution in [0.2, 0.25) is 0 Å². The standard InChI is InChI=1S/C12H12F4N2O3/c1-2-5(11(20)21)18-9-7(8(17-18)10(13)14)6(19)3-4-12(9,15)16/h5,10H,2-4H2,1H3,(H,20,21). The Labute approximate surface area is 116 Å². The first kappa shape index (κ1) is 15.5. The first-order valence-electron chi connectivity index (χ1n) is 6.25. The van der Waals surface area contributed by atoms with E-state index in [1.54, 1.807) is 0 Å². The second kappa shape index (κ2) is 5.12. The number of halogens is 4. The van der Waals surface area contributed by atoms with Gasteiger partial charge in [0.05, 0.1) is 5.56 Å². The molecule has 1 atom stereocenters. The maximum Gasteiger partial charge on any atom is 0.328 e. The van der Waals surface area contributed by atoms with Crippen LogP contribution in [-0.2, 0) is 10.7 Å². The van der Waals surface area contributed by atoms with Gasteiger partial charge in [-0.05, 0) is 6.42 Å². The zero-order valence-corrected chi connectivity index (χ0v) is 10.9. The second-order valence-corrected chi connectivity index (χ2v) is 4.74. The number of fused-ring (bicyclic) bond motifs is 1. The largest absolute Gasteiger partial charge is 0.480 e. The van der Waals surface area contributed by atoms with Crippen molar-refractivity contribution in [2.75, 3.05) is 0 Å². The van der Waals surface area contributed by atoms with Gasteiger partial charge in [0.25, 0.3) is 12.3 Å². The summed E-state index contributed by atoms with van der Waals surface area (Å²) in [5.41, 5.74) is -2.92. The molecular formula is C12H12F4N2O3. The van der Waals surface area contributed by atoms with E-state index in [0.717, 1.165) is 0 Å². The maximum atomic E-state index is 14.0. The fourth-order valence-corrected chi connectivity index (χ4v) is 2.42. The summed E-state index contributed by atoms with van der Waals surface area (Å²) in [5.74, 6) is -5.90. The Morgan fingerprint density at radius 2 is 2.10 bits per heavy atom. The predicted molar refractivity (Wildman–Crippen MR) is 61.6 cm³/mol. The molecule has 0 aromatic carbocycles. The minimum atomic E-state index is -3.56. The van der Waals surface area contributed by atoms with Crippen molar-refractivity contribution >= 4 is 11.8 Å². The van der Waals surface area contributed by atoms with Gasteiger partial charge in [-0.3, -0.25) is 4.79 Å². The number of hydrogen-bond acceptors (Lipinski definition) is 3. The van der Waals surface area contributed by atoms with Crippen molar-refractivity contribution in [2.45, 2.75) is 44.6 Å². The SMILES string of the molecule is CCC(C(=O)O)n1nc(C(F)F)c2c1C(F)(F)CCC2=O. The molecule has 0 saturated heterocycles. The van der Waals surface area contributed by atoms with Crippen LogP contribution in [-0.4, -0.2) is 26.6 Å². The molecule has 1 aliphatic rings. The van der Waals surface area contributed by atoms with E-state index in [1.165, 1.54) is 6.92 Å². The Bertz CT molecular complexity index is 598. The zero-order valence-electron chi connectivity index (χ0n) is 10.9. The summed E-state index contributed by atoms with van der Waals surface area (Å²) in [6.07, 6.45) is -4.78. The topological polar surface area (TPSA) is 72.2 Å². The lowest BCUT2D eigenvalue weighted by Gasteiger charge is -2.25. The van der Waals surface area contributed by atoms with Crippen LogP contribution >= 0.6 is 0 Å². The van der Waals surface area contributed by atoms with Gasteiger partial charge < -0.3 is 5.11 Å². The number of carboxylic acid groups (broad SMARTS) is 1. The van der Waals surface area contributed by atoms with E-state index in [2.05, 4.69) is 5.10 Å². The first-order chi connectivity index (χ1) is 9.70. The molecule has 0 amide bonds. The Morgan fingerprint density at radius 3 is 2.57 bits per heavy atom. The Balaban J connectivity index is 2.76. The number of carbonyl (C=O) groups excluding carboxylic acids is 1. The van der Waals surface area contributed by atoms with E-state index >= 15 is 0 Å². The molecule has 9 heteroatoms. The highest BCUT2D eigenvalue weighted by molar-refractivity contribution is 5.99. The third kappa shape index (κ3) is 2.40. The molecule has 0 bridgehead atoms. The van der Waals surface area contributed by atoms with E-state index in [0.29, 0.717) is 4.68 Å². The normalized spacial score (nSPS) is 18.7. The van der Waals surface area contributed by atoms with Crippen LogP contribution in [0.5, 0.6) is 0 Å². The average Bonchev–Trinajstić information content (AvgIpc) is 2.77. The number of ketones is 1. The summed E-state index contributed by atoms with van der Waals surface area (Å²) in [6.45, 7) is 1.40. The predicted octanol–water partition coefficient (Wildman–Crippen LogP) is 2.92. The van der Waals surface area contributed by atoms with Crippen molar-refractivity contribution in [3.8, 4) is 0 Å². The number of nitrogens with zero attached hydrogens (tertiary/aromatic N) is 2. The second-order valence-electron chi connectivity index (χ2n) is 4.74. The van der Waals surface area contributed by atoms with Gasteiger partial charge in [0.15, 0.2) is 5.78 Å². The van der Waals surface area contributed by atoms with Gasteiger partial charge in [-0.15, -0.1) is 0 Å². The van der Waals surface area contributed by atoms with Crippen LogP contribution in [0.4, 0.5) is 17.6 Å². The van der Waals surface area contributed by atoms with Gasteiger partial charge in [-0.25, -0.2) is 18.3 Å². The molecule has 1 N–H and O–H groups in total. The molecule has 116 valence electrons. The van der Waals surface area contributed by atoms with E-state index in [1.807, 2.05) is 0 Å². The van der Waals surface area contributed by atoms with Crippen LogP contribution in [0, 0.1) is 0 Å². The number of aliphatic carboxylic acids is 1. The molecule has 21 heavy (non-hydrogen) atoms. The molecule has 5 nitrogen and oxygen atoms in total. The monoisotopic (exact) mass is 308 g/mol. The third-order valence-corrected chi connectivity index (χ3v) is 3.40. The molecule has 2 rings (SSSR count). The molecule has 0 radical (unpaired) electrons. The van der Waals surface area contributed by atoms with E-state index < -0.39 is 59.9 Å². The van der Waals surface area contributed by atoms with Crippen molar-refractivity contribution in [1.29, 1.82) is 0 Å². The van der Waals surface area contributed by atoms with Gasteiger partial charge in [0.2, 0.25) is 0 Å². The molecule has 1 aromatic rings. The minimum absolute atomic E-state index is 0.129. The summed E-state index contributed by atoms with van der Waals surface area (Å²) in [6, 6.07) is -1.52. The van der Waals surface area contributed by atoms with Crippen LogP contribution in [0.1, 0.15) is 60.4 Å². The molecule has 1 heterocycles. The fraction of sp³-hybridized carbons (Fsp3) is 0.583. The van der Waals surface area contributed by atoms with E-state index in [9.17, 15) is 27.2 Å². The van der Waals surface area contributed by atoms with Crippen LogP contribution in [0.15, 0.2) is 0 Å². The molecule has 0 spiro atoms.